The van der Waals surface area contributed by atoms with Crippen molar-refractivity contribution in [3.8, 4) is 0 Å². The van der Waals surface area contributed by atoms with E-state index in [0.717, 1.165) is 11.1 Å². The molecule has 0 radical (unpaired) electrons. The van der Waals surface area contributed by atoms with Crippen LogP contribution >= 0.6 is 23.2 Å². The predicted octanol–water partition coefficient (Wildman–Crippen LogP) is 4.83. The first-order chi connectivity index (χ1) is 14.2. The van der Waals surface area contributed by atoms with Crippen molar-refractivity contribution in [2.75, 3.05) is 5.32 Å². The number of halogens is 2. The standard InChI is InChI=1S/C22H20Cl2N2O3S/c1-15-7-10-18(14-20(15)24)25-22(27)21(13-16-5-3-2-4-6-16)26-30(28,29)19-11-8-17(23)9-12-19/h2-12,14,21,26H,13H2,1H3,(H,25,27)/t21-/m0/s1. The second-order valence-electron chi connectivity index (χ2n) is 6.77. The third kappa shape index (κ3) is 5.83. The molecule has 3 rings (SSSR count). The first kappa shape index (κ1) is 22.3. The number of hydrogen-bond acceptors (Lipinski definition) is 3. The Balaban J connectivity index is 1.86. The Morgan fingerprint density at radius 2 is 1.63 bits per heavy atom. The van der Waals surface area contributed by atoms with Gasteiger partial charge in [-0.05, 0) is 60.9 Å². The van der Waals surface area contributed by atoms with E-state index in [2.05, 4.69) is 10.0 Å². The molecule has 0 bridgehead atoms. The molecule has 156 valence electrons. The van der Waals surface area contributed by atoms with Crippen molar-refractivity contribution in [1.82, 2.24) is 4.72 Å². The number of carbonyl (C=O) groups is 1. The van der Waals surface area contributed by atoms with Crippen molar-refractivity contribution < 1.29 is 13.2 Å². The predicted molar refractivity (Wildman–Crippen MR) is 121 cm³/mol. The summed E-state index contributed by atoms with van der Waals surface area (Å²) in [6.45, 7) is 1.85. The van der Waals surface area contributed by atoms with Crippen LogP contribution in [0.4, 0.5) is 5.69 Å². The summed E-state index contributed by atoms with van der Waals surface area (Å²) in [6, 6.07) is 19.0. The number of hydrogen-bond donors (Lipinski definition) is 2. The van der Waals surface area contributed by atoms with Crippen molar-refractivity contribution in [3.63, 3.8) is 0 Å². The van der Waals surface area contributed by atoms with Crippen molar-refractivity contribution in [3.05, 3.63) is 94.0 Å². The zero-order chi connectivity index (χ0) is 21.7. The van der Waals surface area contributed by atoms with Crippen LogP contribution in [0.1, 0.15) is 11.1 Å². The highest BCUT2D eigenvalue weighted by Crippen LogP contribution is 2.21. The molecule has 1 amide bonds. The van der Waals surface area contributed by atoms with E-state index >= 15 is 0 Å². The number of benzene rings is 3. The second-order valence-corrected chi connectivity index (χ2v) is 9.33. The van der Waals surface area contributed by atoms with Crippen LogP contribution in [-0.2, 0) is 21.2 Å². The average molecular weight is 463 g/mol. The molecular weight excluding hydrogens is 443 g/mol. The first-order valence-electron chi connectivity index (χ1n) is 9.13. The van der Waals surface area contributed by atoms with Crippen LogP contribution in [0.2, 0.25) is 10.0 Å². The molecule has 0 saturated carbocycles. The van der Waals surface area contributed by atoms with Crippen LogP contribution < -0.4 is 10.0 Å². The minimum atomic E-state index is -3.94. The molecule has 0 saturated heterocycles. The quantitative estimate of drug-likeness (QED) is 0.527. The molecule has 0 aliphatic rings. The van der Waals surface area contributed by atoms with Crippen LogP contribution in [-0.4, -0.2) is 20.4 Å². The minimum absolute atomic E-state index is 0.0242. The van der Waals surface area contributed by atoms with E-state index in [1.165, 1.54) is 24.3 Å². The Kier molecular flexibility index (Phi) is 7.15. The number of rotatable bonds is 7. The molecule has 0 fully saturated rings. The van der Waals surface area contributed by atoms with E-state index in [-0.39, 0.29) is 11.3 Å². The summed E-state index contributed by atoms with van der Waals surface area (Å²) in [7, 11) is -3.94. The van der Waals surface area contributed by atoms with Gasteiger partial charge >= 0.3 is 0 Å². The highest BCUT2D eigenvalue weighted by molar-refractivity contribution is 7.89. The topological polar surface area (TPSA) is 75.3 Å². The Morgan fingerprint density at radius 3 is 2.27 bits per heavy atom. The van der Waals surface area contributed by atoms with Gasteiger partial charge in [-0.3, -0.25) is 4.79 Å². The molecule has 2 N–H and O–H groups in total. The van der Waals surface area contributed by atoms with E-state index in [4.69, 9.17) is 23.2 Å². The van der Waals surface area contributed by atoms with Gasteiger partial charge in [-0.1, -0.05) is 59.6 Å². The van der Waals surface area contributed by atoms with Crippen molar-refractivity contribution in [1.29, 1.82) is 0 Å². The molecule has 0 aliphatic heterocycles. The third-order valence-corrected chi connectivity index (χ3v) is 6.61. The maximum Gasteiger partial charge on any atom is 0.242 e. The van der Waals surface area contributed by atoms with E-state index in [0.29, 0.717) is 15.7 Å². The number of sulfonamides is 1. The van der Waals surface area contributed by atoms with E-state index in [1.807, 2.05) is 37.3 Å². The Labute approximate surface area is 186 Å². The number of amides is 1. The molecule has 3 aromatic carbocycles. The largest absolute Gasteiger partial charge is 0.325 e. The molecule has 0 unspecified atom stereocenters. The third-order valence-electron chi connectivity index (χ3n) is 4.46. The Morgan fingerprint density at radius 1 is 0.967 bits per heavy atom. The van der Waals surface area contributed by atoms with Gasteiger partial charge in [-0.25, -0.2) is 8.42 Å². The van der Waals surface area contributed by atoms with Gasteiger partial charge in [0.2, 0.25) is 15.9 Å². The summed E-state index contributed by atoms with van der Waals surface area (Å²) < 4.78 is 28.2. The lowest BCUT2D eigenvalue weighted by Crippen LogP contribution is -2.45. The lowest BCUT2D eigenvalue weighted by atomic mass is 10.1. The highest BCUT2D eigenvalue weighted by Gasteiger charge is 2.26. The molecular formula is C22H20Cl2N2O3S. The van der Waals surface area contributed by atoms with Crippen LogP contribution in [0.15, 0.2) is 77.7 Å². The van der Waals surface area contributed by atoms with Gasteiger partial charge in [0.1, 0.15) is 6.04 Å². The molecule has 8 heteroatoms. The van der Waals surface area contributed by atoms with Gasteiger partial charge in [-0.15, -0.1) is 0 Å². The summed E-state index contributed by atoms with van der Waals surface area (Å²) in [4.78, 5) is 13.0. The molecule has 1 atom stereocenters. The lowest BCUT2D eigenvalue weighted by Gasteiger charge is -2.19. The molecule has 0 aliphatic carbocycles. The van der Waals surface area contributed by atoms with Crippen LogP contribution in [0, 0.1) is 6.92 Å². The average Bonchev–Trinajstić information content (AvgIpc) is 2.71. The number of aryl methyl sites for hydroxylation is 1. The SMILES string of the molecule is Cc1ccc(NC(=O)[C@H](Cc2ccccc2)NS(=O)(=O)c2ccc(Cl)cc2)cc1Cl. The van der Waals surface area contributed by atoms with Crippen LogP contribution in [0.25, 0.3) is 0 Å². The monoisotopic (exact) mass is 462 g/mol. The van der Waals surface area contributed by atoms with Gasteiger partial charge < -0.3 is 5.32 Å². The van der Waals surface area contributed by atoms with Gasteiger partial charge in [0.05, 0.1) is 4.90 Å². The van der Waals surface area contributed by atoms with Crippen molar-refractivity contribution in [2.45, 2.75) is 24.3 Å². The summed E-state index contributed by atoms with van der Waals surface area (Å²) in [6.07, 6.45) is 0.180. The molecule has 5 nitrogen and oxygen atoms in total. The Bertz CT molecular complexity index is 1130. The van der Waals surface area contributed by atoms with Gasteiger partial charge in [0, 0.05) is 15.7 Å². The highest BCUT2D eigenvalue weighted by atomic mass is 35.5. The van der Waals surface area contributed by atoms with Crippen molar-refractivity contribution >= 4 is 44.8 Å². The number of anilines is 1. The van der Waals surface area contributed by atoms with Crippen LogP contribution in [0.3, 0.4) is 0 Å². The zero-order valence-corrected chi connectivity index (χ0v) is 18.4. The Hall–Kier alpha value is -2.38. The number of carbonyl (C=O) groups excluding carboxylic acids is 1. The van der Waals surface area contributed by atoms with E-state index in [9.17, 15) is 13.2 Å². The molecule has 0 heterocycles. The zero-order valence-electron chi connectivity index (χ0n) is 16.1. The molecule has 0 spiro atoms. The second kappa shape index (κ2) is 9.62. The fraction of sp³-hybridized carbons (Fsp3) is 0.136. The van der Waals surface area contributed by atoms with Gasteiger partial charge in [0.15, 0.2) is 0 Å². The number of nitrogens with one attached hydrogen (secondary N) is 2. The van der Waals surface area contributed by atoms with Crippen molar-refractivity contribution in [2.24, 2.45) is 0 Å². The molecule has 3 aromatic rings. The first-order valence-corrected chi connectivity index (χ1v) is 11.4. The van der Waals surface area contributed by atoms with Gasteiger partial charge in [-0.2, -0.15) is 4.72 Å². The normalized spacial score (nSPS) is 12.4. The summed E-state index contributed by atoms with van der Waals surface area (Å²) in [5, 5.41) is 3.67. The lowest BCUT2D eigenvalue weighted by molar-refractivity contribution is -0.117. The summed E-state index contributed by atoms with van der Waals surface area (Å²) in [5.74, 6) is -0.490. The minimum Gasteiger partial charge on any atom is -0.325 e. The fourth-order valence-corrected chi connectivity index (χ4v) is 4.31. The molecule has 0 aromatic heterocycles. The molecule has 30 heavy (non-hydrogen) atoms. The summed E-state index contributed by atoms with van der Waals surface area (Å²) >= 11 is 12.0. The summed E-state index contributed by atoms with van der Waals surface area (Å²) in [5.41, 5.74) is 2.18. The maximum atomic E-state index is 13.0. The van der Waals surface area contributed by atoms with E-state index < -0.39 is 22.0 Å². The smallest absolute Gasteiger partial charge is 0.242 e. The van der Waals surface area contributed by atoms with E-state index in [1.54, 1.807) is 18.2 Å². The fourth-order valence-electron chi connectivity index (χ4n) is 2.81. The maximum absolute atomic E-state index is 13.0. The van der Waals surface area contributed by atoms with Gasteiger partial charge in [0.25, 0.3) is 0 Å². The van der Waals surface area contributed by atoms with Crippen LogP contribution in [0.5, 0.6) is 0 Å².